The van der Waals surface area contributed by atoms with Crippen molar-refractivity contribution < 1.29 is 9.90 Å². The first-order valence-electron chi connectivity index (χ1n) is 4.46. The van der Waals surface area contributed by atoms with Crippen LogP contribution in [0, 0.1) is 0 Å². The Balaban J connectivity index is 2.09. The molecule has 1 heterocycles. The molecule has 0 aliphatic rings. The maximum atomic E-state index is 11.1. The molecule has 0 bridgehead atoms. The fourth-order valence-corrected chi connectivity index (χ4v) is 1.59. The largest absolute Gasteiger partial charge is 0.396 e. The molecule has 14 heavy (non-hydrogen) atoms. The summed E-state index contributed by atoms with van der Waals surface area (Å²) in [4.78, 5) is 11.1. The van der Waals surface area contributed by atoms with E-state index in [2.05, 4.69) is 10.6 Å². The van der Waals surface area contributed by atoms with Crippen molar-refractivity contribution in [3.63, 3.8) is 0 Å². The number of thiophene rings is 1. The summed E-state index contributed by atoms with van der Waals surface area (Å²) in [6, 6.07) is 1.78. The van der Waals surface area contributed by atoms with Gasteiger partial charge in [-0.15, -0.1) is 0 Å². The van der Waals surface area contributed by atoms with Crippen molar-refractivity contribution in [1.29, 1.82) is 0 Å². The number of rotatable bonds is 5. The van der Waals surface area contributed by atoms with Gasteiger partial charge >= 0.3 is 6.03 Å². The molecule has 78 valence electrons. The van der Waals surface area contributed by atoms with E-state index < -0.39 is 0 Å². The number of carbonyl (C=O) groups is 1. The molecule has 1 aromatic rings. The van der Waals surface area contributed by atoms with Crippen LogP contribution in [-0.4, -0.2) is 24.3 Å². The Kier molecular flexibility index (Phi) is 5.03. The molecular weight excluding hydrogens is 200 g/mol. The Hall–Kier alpha value is -1.07. The second kappa shape index (κ2) is 6.39. The highest BCUT2D eigenvalue weighted by Crippen LogP contribution is 2.04. The molecule has 2 amide bonds. The van der Waals surface area contributed by atoms with Crippen molar-refractivity contribution in [3.05, 3.63) is 22.4 Å². The molecule has 0 saturated heterocycles. The third-order valence-electron chi connectivity index (χ3n) is 1.65. The van der Waals surface area contributed by atoms with Crippen LogP contribution in [0.2, 0.25) is 0 Å². The minimum Gasteiger partial charge on any atom is -0.396 e. The van der Waals surface area contributed by atoms with Crippen LogP contribution in [0.25, 0.3) is 0 Å². The minimum atomic E-state index is -0.190. The van der Waals surface area contributed by atoms with Crippen molar-refractivity contribution >= 4 is 17.4 Å². The number of aliphatic hydroxyl groups is 1. The first kappa shape index (κ1) is 11.0. The number of nitrogens with one attached hydrogen (secondary N) is 2. The highest BCUT2D eigenvalue weighted by molar-refractivity contribution is 7.07. The fraction of sp³-hybridized carbons (Fsp3) is 0.444. The van der Waals surface area contributed by atoms with E-state index in [-0.39, 0.29) is 12.6 Å². The Morgan fingerprint density at radius 2 is 2.36 bits per heavy atom. The molecule has 0 spiro atoms. The van der Waals surface area contributed by atoms with Gasteiger partial charge in [0, 0.05) is 19.7 Å². The van der Waals surface area contributed by atoms with E-state index in [4.69, 9.17) is 5.11 Å². The lowest BCUT2D eigenvalue weighted by atomic mass is 10.3. The minimum absolute atomic E-state index is 0.102. The van der Waals surface area contributed by atoms with Gasteiger partial charge in [0.05, 0.1) is 0 Å². The van der Waals surface area contributed by atoms with Crippen molar-refractivity contribution in [2.75, 3.05) is 13.2 Å². The molecule has 0 saturated carbocycles. The van der Waals surface area contributed by atoms with Crippen LogP contribution in [0.1, 0.15) is 12.0 Å². The summed E-state index contributed by atoms with van der Waals surface area (Å²) in [6.45, 7) is 1.16. The van der Waals surface area contributed by atoms with E-state index in [1.807, 2.05) is 16.8 Å². The van der Waals surface area contributed by atoms with Crippen molar-refractivity contribution in [2.45, 2.75) is 13.0 Å². The van der Waals surface area contributed by atoms with E-state index >= 15 is 0 Å². The maximum Gasteiger partial charge on any atom is 0.315 e. The summed E-state index contributed by atoms with van der Waals surface area (Å²) in [7, 11) is 0. The third-order valence-corrected chi connectivity index (χ3v) is 2.39. The molecule has 4 nitrogen and oxygen atoms in total. The third kappa shape index (κ3) is 4.25. The zero-order valence-corrected chi connectivity index (χ0v) is 8.64. The molecular formula is C9H14N2O2S. The van der Waals surface area contributed by atoms with E-state index in [1.54, 1.807) is 11.3 Å². The average molecular weight is 214 g/mol. The quantitative estimate of drug-likeness (QED) is 0.638. The molecule has 0 fully saturated rings. The van der Waals surface area contributed by atoms with E-state index in [9.17, 15) is 4.79 Å². The smallest absolute Gasteiger partial charge is 0.315 e. The topological polar surface area (TPSA) is 61.4 Å². The predicted molar refractivity (Wildman–Crippen MR) is 56.3 cm³/mol. The zero-order valence-electron chi connectivity index (χ0n) is 7.82. The van der Waals surface area contributed by atoms with E-state index in [0.717, 1.165) is 5.56 Å². The second-order valence-corrected chi connectivity index (χ2v) is 3.60. The van der Waals surface area contributed by atoms with Gasteiger partial charge in [0.25, 0.3) is 0 Å². The van der Waals surface area contributed by atoms with Gasteiger partial charge in [0.15, 0.2) is 0 Å². The predicted octanol–water partition coefficient (Wildman–Crippen LogP) is 0.930. The molecule has 3 N–H and O–H groups in total. The number of aliphatic hydroxyl groups excluding tert-OH is 1. The molecule has 1 rings (SSSR count). The van der Waals surface area contributed by atoms with Crippen molar-refractivity contribution in [3.8, 4) is 0 Å². The molecule has 1 aromatic heterocycles. The Labute approximate surface area is 87.0 Å². The first-order chi connectivity index (χ1) is 6.83. The van der Waals surface area contributed by atoms with Gasteiger partial charge < -0.3 is 15.7 Å². The normalized spacial score (nSPS) is 9.79. The van der Waals surface area contributed by atoms with Gasteiger partial charge in [0.1, 0.15) is 0 Å². The summed E-state index contributed by atoms with van der Waals surface area (Å²) < 4.78 is 0. The zero-order chi connectivity index (χ0) is 10.2. The van der Waals surface area contributed by atoms with Gasteiger partial charge in [-0.2, -0.15) is 11.3 Å². The van der Waals surface area contributed by atoms with Crippen LogP contribution in [0.15, 0.2) is 16.8 Å². The lowest BCUT2D eigenvalue weighted by Gasteiger charge is -2.05. The summed E-state index contributed by atoms with van der Waals surface area (Å²) in [5, 5.41) is 17.8. The van der Waals surface area contributed by atoms with Crippen LogP contribution in [0.5, 0.6) is 0 Å². The van der Waals surface area contributed by atoms with Gasteiger partial charge in [-0.25, -0.2) is 4.79 Å². The summed E-state index contributed by atoms with van der Waals surface area (Å²) >= 11 is 1.61. The van der Waals surface area contributed by atoms with E-state index in [1.165, 1.54) is 0 Å². The fourth-order valence-electron chi connectivity index (χ4n) is 0.919. The van der Waals surface area contributed by atoms with Crippen molar-refractivity contribution in [1.82, 2.24) is 10.6 Å². The summed E-state index contributed by atoms with van der Waals surface area (Å²) in [5.74, 6) is 0. The molecule has 0 atom stereocenters. The lowest BCUT2D eigenvalue weighted by molar-refractivity contribution is 0.238. The van der Waals surface area contributed by atoms with Crippen LogP contribution in [0.3, 0.4) is 0 Å². The number of urea groups is 1. The number of hydrogen-bond donors (Lipinski definition) is 3. The molecule has 0 unspecified atom stereocenters. The maximum absolute atomic E-state index is 11.1. The Morgan fingerprint density at radius 3 is 3.00 bits per heavy atom. The van der Waals surface area contributed by atoms with Crippen LogP contribution in [-0.2, 0) is 6.54 Å². The van der Waals surface area contributed by atoms with Gasteiger partial charge in [-0.1, -0.05) is 0 Å². The number of carbonyl (C=O) groups excluding carboxylic acids is 1. The van der Waals surface area contributed by atoms with Crippen LogP contribution >= 0.6 is 11.3 Å². The lowest BCUT2D eigenvalue weighted by Crippen LogP contribution is -2.35. The SMILES string of the molecule is O=C(NCCCO)NCc1ccsc1. The highest BCUT2D eigenvalue weighted by Gasteiger charge is 1.98. The van der Waals surface area contributed by atoms with E-state index in [0.29, 0.717) is 19.5 Å². The summed E-state index contributed by atoms with van der Waals surface area (Å²) in [6.07, 6.45) is 0.589. The molecule has 0 aliphatic carbocycles. The van der Waals surface area contributed by atoms with Gasteiger partial charge in [0.2, 0.25) is 0 Å². The Bertz CT molecular complexity index is 262. The second-order valence-electron chi connectivity index (χ2n) is 2.82. The van der Waals surface area contributed by atoms with Crippen molar-refractivity contribution in [2.24, 2.45) is 0 Å². The number of hydrogen-bond acceptors (Lipinski definition) is 3. The molecule has 0 aromatic carbocycles. The molecule has 5 heteroatoms. The average Bonchev–Trinajstić information content (AvgIpc) is 2.68. The standard InChI is InChI=1S/C9H14N2O2S/c12-4-1-3-10-9(13)11-6-8-2-5-14-7-8/h2,5,7,12H,1,3-4,6H2,(H2,10,11,13). The van der Waals surface area contributed by atoms with Crippen LogP contribution < -0.4 is 10.6 Å². The Morgan fingerprint density at radius 1 is 1.50 bits per heavy atom. The monoisotopic (exact) mass is 214 g/mol. The highest BCUT2D eigenvalue weighted by atomic mass is 32.1. The van der Waals surface area contributed by atoms with Crippen LogP contribution in [0.4, 0.5) is 4.79 Å². The molecule has 0 aliphatic heterocycles. The first-order valence-corrected chi connectivity index (χ1v) is 5.41. The van der Waals surface area contributed by atoms with Gasteiger partial charge in [-0.3, -0.25) is 0 Å². The summed E-state index contributed by atoms with van der Waals surface area (Å²) in [5.41, 5.74) is 1.10. The van der Waals surface area contributed by atoms with Gasteiger partial charge in [-0.05, 0) is 28.8 Å². The molecule has 0 radical (unpaired) electrons. The number of amides is 2.